The average molecular weight is 198 g/mol. The Bertz CT molecular complexity index is 67.3. The van der Waals surface area contributed by atoms with Crippen LogP contribution in [-0.4, -0.2) is 12.6 Å². The summed E-state index contributed by atoms with van der Waals surface area (Å²) in [7, 11) is 0. The Balaban J connectivity index is 0.000000640. The fraction of sp³-hybridized carbons (Fsp3) is 0.857. The van der Waals surface area contributed by atoms with Gasteiger partial charge in [-0.25, -0.2) is 0 Å². The maximum absolute atomic E-state index is 3.40. The summed E-state index contributed by atoms with van der Waals surface area (Å²) in [6.45, 7) is 5.64. The molecule has 1 heterocycles. The van der Waals surface area contributed by atoms with Crippen LogP contribution in [0.1, 0.15) is 20.3 Å². The third-order valence-electron chi connectivity index (χ3n) is 1.75. The van der Waals surface area contributed by atoms with Gasteiger partial charge in [0.05, 0.1) is 0 Å². The van der Waals surface area contributed by atoms with Gasteiger partial charge in [0.15, 0.2) is 0 Å². The molecule has 0 aliphatic carbocycles. The molecule has 1 nitrogen and oxygen atoms in total. The quantitative estimate of drug-likeness (QED) is 0.490. The van der Waals surface area contributed by atoms with E-state index in [2.05, 4.69) is 25.6 Å². The van der Waals surface area contributed by atoms with Crippen molar-refractivity contribution in [1.29, 1.82) is 0 Å². The minimum Gasteiger partial charge on any atom is -0.346 e. The molecule has 1 rings (SSSR count). The standard InChI is InChI=1S/C7H14N.Rb/c1-6(2)7-4-3-5-8-7;/h3,6-8H,4-5H2,1-2H3;/q-1;+1. The van der Waals surface area contributed by atoms with E-state index in [4.69, 9.17) is 0 Å². The first-order valence-corrected chi connectivity index (χ1v) is 3.36. The van der Waals surface area contributed by atoms with Crippen LogP contribution in [0.3, 0.4) is 0 Å². The maximum Gasteiger partial charge on any atom is 1.00 e. The zero-order valence-corrected chi connectivity index (χ0v) is 11.6. The summed E-state index contributed by atoms with van der Waals surface area (Å²) in [4.78, 5) is 0. The normalized spacial score (nSPS) is 26.3. The van der Waals surface area contributed by atoms with Crippen LogP contribution in [0.2, 0.25) is 0 Å². The van der Waals surface area contributed by atoms with Crippen molar-refractivity contribution in [1.82, 2.24) is 5.32 Å². The predicted octanol–water partition coefficient (Wildman–Crippen LogP) is -1.79. The van der Waals surface area contributed by atoms with Gasteiger partial charge in [0.25, 0.3) is 0 Å². The van der Waals surface area contributed by atoms with E-state index in [1.54, 1.807) is 0 Å². The maximum atomic E-state index is 3.40. The molecule has 1 N–H and O–H groups in total. The SMILES string of the molecule is CC(C)C1C[CH-]CN1.[Rb+]. The molecule has 0 amide bonds. The fourth-order valence-corrected chi connectivity index (χ4v) is 1.09. The molecule has 9 heavy (non-hydrogen) atoms. The first kappa shape index (κ1) is 10.8. The van der Waals surface area contributed by atoms with Gasteiger partial charge in [-0.05, 0) is 12.0 Å². The van der Waals surface area contributed by atoms with E-state index in [1.165, 1.54) is 6.42 Å². The summed E-state index contributed by atoms with van der Waals surface area (Å²) in [6, 6.07) is 0.759. The summed E-state index contributed by atoms with van der Waals surface area (Å²) in [5.41, 5.74) is 0. The number of hydrogen-bond acceptors (Lipinski definition) is 1. The van der Waals surface area contributed by atoms with E-state index in [0.717, 1.165) is 18.5 Å². The van der Waals surface area contributed by atoms with E-state index in [-0.39, 0.29) is 58.2 Å². The van der Waals surface area contributed by atoms with Crippen LogP contribution in [-0.2, 0) is 0 Å². The number of rotatable bonds is 1. The molecular formula is C7H14NRb. The van der Waals surface area contributed by atoms with Crippen LogP contribution in [0.4, 0.5) is 0 Å². The minimum atomic E-state index is 0. The van der Waals surface area contributed by atoms with Crippen LogP contribution in [0, 0.1) is 12.3 Å². The van der Waals surface area contributed by atoms with Crippen LogP contribution in [0.15, 0.2) is 0 Å². The van der Waals surface area contributed by atoms with Crippen LogP contribution < -0.4 is 63.5 Å². The van der Waals surface area contributed by atoms with Crippen molar-refractivity contribution in [3.05, 3.63) is 6.42 Å². The number of nitrogens with one attached hydrogen (secondary N) is 1. The molecule has 1 aliphatic rings. The van der Waals surface area contributed by atoms with Crippen LogP contribution in [0.5, 0.6) is 0 Å². The van der Waals surface area contributed by atoms with Gasteiger partial charge in [-0.2, -0.15) is 6.42 Å². The van der Waals surface area contributed by atoms with Crippen LogP contribution in [0.25, 0.3) is 0 Å². The second-order valence-corrected chi connectivity index (χ2v) is 2.78. The first-order chi connectivity index (χ1) is 3.80. The Kier molecular flexibility index (Phi) is 6.48. The summed E-state index contributed by atoms with van der Waals surface area (Å²) < 4.78 is 0. The molecule has 0 spiro atoms. The Labute approximate surface area is 107 Å². The molecule has 0 radical (unpaired) electrons. The van der Waals surface area contributed by atoms with E-state index < -0.39 is 0 Å². The monoisotopic (exact) mass is 197 g/mol. The minimum absolute atomic E-state index is 0. The third-order valence-corrected chi connectivity index (χ3v) is 1.75. The molecule has 1 aliphatic heterocycles. The van der Waals surface area contributed by atoms with Gasteiger partial charge >= 0.3 is 58.2 Å². The molecule has 0 bridgehead atoms. The summed E-state index contributed by atoms with van der Waals surface area (Å²) in [6.07, 6.45) is 3.57. The van der Waals surface area contributed by atoms with Gasteiger partial charge in [-0.1, -0.05) is 13.8 Å². The Hall–Kier alpha value is 1.77. The molecular weight excluding hydrogens is 184 g/mol. The van der Waals surface area contributed by atoms with Gasteiger partial charge in [0.1, 0.15) is 0 Å². The largest absolute Gasteiger partial charge is 1.00 e. The number of hydrogen-bond donors (Lipinski definition) is 1. The van der Waals surface area contributed by atoms with Crippen molar-refractivity contribution in [2.75, 3.05) is 6.54 Å². The van der Waals surface area contributed by atoms with Gasteiger partial charge in [0, 0.05) is 0 Å². The van der Waals surface area contributed by atoms with E-state index in [9.17, 15) is 0 Å². The van der Waals surface area contributed by atoms with Crippen molar-refractivity contribution >= 4 is 0 Å². The molecule has 1 saturated heterocycles. The second kappa shape index (κ2) is 5.42. The third kappa shape index (κ3) is 3.61. The molecule has 1 unspecified atom stereocenters. The average Bonchev–Trinajstić information content (AvgIpc) is 2.12. The van der Waals surface area contributed by atoms with Crippen LogP contribution >= 0.6 is 0 Å². The van der Waals surface area contributed by atoms with Gasteiger partial charge in [0.2, 0.25) is 0 Å². The van der Waals surface area contributed by atoms with E-state index in [0.29, 0.717) is 0 Å². The Morgan fingerprint density at radius 1 is 1.56 bits per heavy atom. The molecule has 48 valence electrons. The van der Waals surface area contributed by atoms with E-state index in [1.807, 2.05) is 0 Å². The smallest absolute Gasteiger partial charge is 0.346 e. The summed E-state index contributed by atoms with van der Waals surface area (Å²) >= 11 is 0. The summed E-state index contributed by atoms with van der Waals surface area (Å²) in [5.74, 6) is 0.800. The van der Waals surface area contributed by atoms with Crippen molar-refractivity contribution in [2.45, 2.75) is 26.3 Å². The zero-order valence-electron chi connectivity index (χ0n) is 6.65. The molecule has 0 aromatic carbocycles. The van der Waals surface area contributed by atoms with Gasteiger partial charge in [-0.15, -0.1) is 6.54 Å². The Morgan fingerprint density at radius 3 is 2.44 bits per heavy atom. The van der Waals surface area contributed by atoms with Crippen molar-refractivity contribution in [3.63, 3.8) is 0 Å². The van der Waals surface area contributed by atoms with Crippen molar-refractivity contribution < 1.29 is 58.2 Å². The molecule has 0 saturated carbocycles. The summed E-state index contributed by atoms with van der Waals surface area (Å²) in [5, 5.41) is 3.40. The van der Waals surface area contributed by atoms with Gasteiger partial charge < -0.3 is 11.7 Å². The fourth-order valence-electron chi connectivity index (χ4n) is 1.09. The van der Waals surface area contributed by atoms with E-state index >= 15 is 0 Å². The first-order valence-electron chi connectivity index (χ1n) is 3.36. The molecule has 1 atom stereocenters. The Morgan fingerprint density at radius 2 is 2.22 bits per heavy atom. The molecule has 2 heteroatoms. The zero-order chi connectivity index (χ0) is 5.98. The molecule has 0 aromatic heterocycles. The topological polar surface area (TPSA) is 12.0 Å². The van der Waals surface area contributed by atoms with Crippen molar-refractivity contribution in [3.8, 4) is 0 Å². The molecule has 0 aromatic rings. The van der Waals surface area contributed by atoms with Crippen molar-refractivity contribution in [2.24, 2.45) is 5.92 Å². The second-order valence-electron chi connectivity index (χ2n) is 2.78. The molecule has 1 fully saturated rings. The predicted molar refractivity (Wildman–Crippen MR) is 35.5 cm³/mol. The van der Waals surface area contributed by atoms with Gasteiger partial charge in [-0.3, -0.25) is 0 Å².